The molecule has 0 radical (unpaired) electrons. The molecule has 3 heteroatoms. The summed E-state index contributed by atoms with van der Waals surface area (Å²) in [5, 5.41) is 0. The molecule has 80 valence electrons. The summed E-state index contributed by atoms with van der Waals surface area (Å²) in [5.74, 6) is 0.779. The SMILES string of the molecule is C=CCN(C(C)=O)c1ccc(OC)cc1. The second kappa shape index (κ2) is 5.20. The van der Waals surface area contributed by atoms with E-state index in [0.717, 1.165) is 11.4 Å². The van der Waals surface area contributed by atoms with Crippen molar-refractivity contribution in [2.45, 2.75) is 6.92 Å². The fourth-order valence-electron chi connectivity index (χ4n) is 1.31. The maximum absolute atomic E-state index is 11.3. The first kappa shape index (κ1) is 11.3. The summed E-state index contributed by atoms with van der Waals surface area (Å²) in [4.78, 5) is 13.0. The number of amides is 1. The Hall–Kier alpha value is -1.77. The Bertz CT molecular complexity index is 343. The Morgan fingerprint density at radius 3 is 2.47 bits per heavy atom. The van der Waals surface area contributed by atoms with Gasteiger partial charge in [0.2, 0.25) is 5.91 Å². The summed E-state index contributed by atoms with van der Waals surface area (Å²) in [6.45, 7) is 5.67. The molecular weight excluding hydrogens is 190 g/mol. The van der Waals surface area contributed by atoms with Crippen molar-refractivity contribution in [3.8, 4) is 5.75 Å². The van der Waals surface area contributed by atoms with Gasteiger partial charge in [-0.1, -0.05) is 6.08 Å². The molecule has 0 bridgehead atoms. The lowest BCUT2D eigenvalue weighted by Gasteiger charge is -2.19. The number of hydrogen-bond donors (Lipinski definition) is 0. The molecule has 0 spiro atoms. The summed E-state index contributed by atoms with van der Waals surface area (Å²) in [6, 6.07) is 7.36. The van der Waals surface area contributed by atoms with E-state index in [1.54, 1.807) is 18.1 Å². The summed E-state index contributed by atoms with van der Waals surface area (Å²) in [5.41, 5.74) is 0.850. The van der Waals surface area contributed by atoms with Crippen molar-refractivity contribution in [3.63, 3.8) is 0 Å². The molecule has 0 aliphatic heterocycles. The first-order chi connectivity index (χ1) is 7.19. The van der Waals surface area contributed by atoms with Gasteiger partial charge in [0.15, 0.2) is 0 Å². The highest BCUT2D eigenvalue weighted by Crippen LogP contribution is 2.19. The van der Waals surface area contributed by atoms with E-state index in [1.807, 2.05) is 24.3 Å². The van der Waals surface area contributed by atoms with Gasteiger partial charge in [0.25, 0.3) is 0 Å². The van der Waals surface area contributed by atoms with Crippen molar-refractivity contribution in [3.05, 3.63) is 36.9 Å². The van der Waals surface area contributed by atoms with Gasteiger partial charge in [-0.2, -0.15) is 0 Å². The average Bonchev–Trinajstić information content (AvgIpc) is 2.26. The van der Waals surface area contributed by atoms with E-state index in [4.69, 9.17) is 4.74 Å². The molecule has 1 amide bonds. The van der Waals surface area contributed by atoms with Gasteiger partial charge in [0.05, 0.1) is 7.11 Å². The zero-order valence-corrected chi connectivity index (χ0v) is 9.06. The van der Waals surface area contributed by atoms with Crippen LogP contribution in [0, 0.1) is 0 Å². The largest absolute Gasteiger partial charge is 0.497 e. The minimum Gasteiger partial charge on any atom is -0.497 e. The molecule has 1 aromatic carbocycles. The number of rotatable bonds is 4. The monoisotopic (exact) mass is 205 g/mol. The first-order valence-corrected chi connectivity index (χ1v) is 4.72. The van der Waals surface area contributed by atoms with Gasteiger partial charge in [0, 0.05) is 19.2 Å². The molecule has 0 fully saturated rings. The van der Waals surface area contributed by atoms with E-state index in [1.165, 1.54) is 6.92 Å². The van der Waals surface area contributed by atoms with E-state index >= 15 is 0 Å². The van der Waals surface area contributed by atoms with Crippen molar-refractivity contribution in [2.75, 3.05) is 18.6 Å². The molecule has 1 rings (SSSR count). The molecule has 0 aliphatic rings. The minimum atomic E-state index is 0.0000619. The number of benzene rings is 1. The maximum Gasteiger partial charge on any atom is 0.224 e. The van der Waals surface area contributed by atoms with Crippen LogP contribution in [0.2, 0.25) is 0 Å². The normalized spacial score (nSPS) is 9.47. The van der Waals surface area contributed by atoms with E-state index in [-0.39, 0.29) is 5.91 Å². The topological polar surface area (TPSA) is 29.5 Å². The summed E-state index contributed by atoms with van der Waals surface area (Å²) in [7, 11) is 1.61. The zero-order valence-electron chi connectivity index (χ0n) is 9.06. The van der Waals surface area contributed by atoms with E-state index in [2.05, 4.69) is 6.58 Å². The van der Waals surface area contributed by atoms with Crippen LogP contribution in [-0.2, 0) is 4.79 Å². The third-order valence-corrected chi connectivity index (χ3v) is 2.08. The quantitative estimate of drug-likeness (QED) is 0.705. The highest BCUT2D eigenvalue weighted by Gasteiger charge is 2.08. The Morgan fingerprint density at radius 1 is 1.47 bits per heavy atom. The van der Waals surface area contributed by atoms with Gasteiger partial charge in [-0.15, -0.1) is 6.58 Å². The van der Waals surface area contributed by atoms with E-state index in [0.29, 0.717) is 6.54 Å². The Labute approximate surface area is 90.0 Å². The third kappa shape index (κ3) is 2.84. The molecule has 0 aliphatic carbocycles. The van der Waals surface area contributed by atoms with Crippen LogP contribution >= 0.6 is 0 Å². The van der Waals surface area contributed by atoms with Gasteiger partial charge in [-0.05, 0) is 24.3 Å². The highest BCUT2D eigenvalue weighted by molar-refractivity contribution is 5.91. The lowest BCUT2D eigenvalue weighted by molar-refractivity contribution is -0.116. The molecule has 0 saturated heterocycles. The number of methoxy groups -OCH3 is 1. The number of carbonyl (C=O) groups is 1. The Balaban J connectivity index is 2.91. The predicted molar refractivity (Wildman–Crippen MR) is 61.2 cm³/mol. The molecule has 15 heavy (non-hydrogen) atoms. The standard InChI is InChI=1S/C12H15NO2/c1-4-9-13(10(2)14)11-5-7-12(15-3)8-6-11/h4-8H,1,9H2,2-3H3. The van der Waals surface area contributed by atoms with Crippen molar-refractivity contribution in [1.29, 1.82) is 0 Å². The smallest absolute Gasteiger partial charge is 0.224 e. The molecule has 0 saturated carbocycles. The fourth-order valence-corrected chi connectivity index (χ4v) is 1.31. The van der Waals surface area contributed by atoms with Crippen LogP contribution in [-0.4, -0.2) is 19.6 Å². The van der Waals surface area contributed by atoms with Crippen molar-refractivity contribution in [1.82, 2.24) is 0 Å². The van der Waals surface area contributed by atoms with Crippen LogP contribution < -0.4 is 9.64 Å². The molecule has 3 nitrogen and oxygen atoms in total. The third-order valence-electron chi connectivity index (χ3n) is 2.08. The Kier molecular flexibility index (Phi) is 3.92. The summed E-state index contributed by atoms with van der Waals surface area (Å²) < 4.78 is 5.05. The van der Waals surface area contributed by atoms with Gasteiger partial charge in [0.1, 0.15) is 5.75 Å². The molecule has 0 heterocycles. The molecular formula is C12H15NO2. The summed E-state index contributed by atoms with van der Waals surface area (Å²) in [6.07, 6.45) is 1.70. The number of anilines is 1. The number of ether oxygens (including phenoxy) is 1. The van der Waals surface area contributed by atoms with Crippen LogP contribution in [0.15, 0.2) is 36.9 Å². The Morgan fingerprint density at radius 2 is 2.07 bits per heavy atom. The van der Waals surface area contributed by atoms with Crippen LogP contribution in [0.4, 0.5) is 5.69 Å². The van der Waals surface area contributed by atoms with Crippen LogP contribution in [0.5, 0.6) is 5.75 Å². The number of hydrogen-bond acceptors (Lipinski definition) is 2. The van der Waals surface area contributed by atoms with Gasteiger partial charge in [-0.3, -0.25) is 4.79 Å². The van der Waals surface area contributed by atoms with E-state index in [9.17, 15) is 4.79 Å². The van der Waals surface area contributed by atoms with Crippen molar-refractivity contribution >= 4 is 11.6 Å². The molecule has 0 unspecified atom stereocenters. The lowest BCUT2D eigenvalue weighted by Crippen LogP contribution is -2.28. The van der Waals surface area contributed by atoms with Crippen LogP contribution in [0.25, 0.3) is 0 Å². The van der Waals surface area contributed by atoms with Crippen LogP contribution in [0.1, 0.15) is 6.92 Å². The highest BCUT2D eigenvalue weighted by atomic mass is 16.5. The zero-order chi connectivity index (χ0) is 11.3. The van der Waals surface area contributed by atoms with Crippen molar-refractivity contribution in [2.24, 2.45) is 0 Å². The first-order valence-electron chi connectivity index (χ1n) is 4.72. The minimum absolute atomic E-state index is 0.0000619. The average molecular weight is 205 g/mol. The lowest BCUT2D eigenvalue weighted by atomic mass is 10.2. The van der Waals surface area contributed by atoms with Gasteiger partial charge >= 0.3 is 0 Å². The van der Waals surface area contributed by atoms with Gasteiger partial charge in [-0.25, -0.2) is 0 Å². The molecule has 0 atom stereocenters. The van der Waals surface area contributed by atoms with Crippen LogP contribution in [0.3, 0.4) is 0 Å². The van der Waals surface area contributed by atoms with Gasteiger partial charge < -0.3 is 9.64 Å². The molecule has 1 aromatic rings. The maximum atomic E-state index is 11.3. The molecule has 0 N–H and O–H groups in total. The van der Waals surface area contributed by atoms with Crippen molar-refractivity contribution < 1.29 is 9.53 Å². The second-order valence-corrected chi connectivity index (χ2v) is 3.12. The fraction of sp³-hybridized carbons (Fsp3) is 0.250. The second-order valence-electron chi connectivity index (χ2n) is 3.12. The molecule has 0 aromatic heterocycles. The number of nitrogens with zero attached hydrogens (tertiary/aromatic N) is 1. The number of carbonyl (C=O) groups excluding carboxylic acids is 1. The van der Waals surface area contributed by atoms with E-state index < -0.39 is 0 Å². The summed E-state index contributed by atoms with van der Waals surface area (Å²) >= 11 is 0. The predicted octanol–water partition coefficient (Wildman–Crippen LogP) is 2.23.